The molecule has 0 N–H and O–H groups in total. The highest BCUT2D eigenvalue weighted by atomic mass is 35.5. The van der Waals surface area contributed by atoms with E-state index in [-0.39, 0.29) is 35.0 Å². The van der Waals surface area contributed by atoms with Gasteiger partial charge in [-0.15, -0.1) is 11.6 Å². The van der Waals surface area contributed by atoms with Gasteiger partial charge in [0.2, 0.25) is 10.0 Å². The zero-order valence-electron chi connectivity index (χ0n) is 12.3. The summed E-state index contributed by atoms with van der Waals surface area (Å²) in [5.41, 5.74) is 0.572. The van der Waals surface area contributed by atoms with Gasteiger partial charge in [-0.1, -0.05) is 0 Å². The van der Waals surface area contributed by atoms with E-state index in [1.54, 1.807) is 6.92 Å². The van der Waals surface area contributed by atoms with Crippen molar-refractivity contribution in [2.45, 2.75) is 43.7 Å². The summed E-state index contributed by atoms with van der Waals surface area (Å²) in [5.74, 6) is -0.491. The van der Waals surface area contributed by atoms with Crippen LogP contribution in [-0.4, -0.2) is 38.0 Å². The van der Waals surface area contributed by atoms with Crippen molar-refractivity contribution in [2.24, 2.45) is 0 Å². The van der Waals surface area contributed by atoms with Crippen molar-refractivity contribution >= 4 is 21.6 Å². The minimum absolute atomic E-state index is 0.0147. The number of sulfonamides is 1. The summed E-state index contributed by atoms with van der Waals surface area (Å²) in [6, 6.07) is 2.44. The maximum atomic E-state index is 13.9. The maximum Gasteiger partial charge on any atom is 0.243 e. The van der Waals surface area contributed by atoms with Crippen molar-refractivity contribution in [2.75, 3.05) is 13.2 Å². The molecule has 0 aliphatic carbocycles. The van der Waals surface area contributed by atoms with Gasteiger partial charge in [0.1, 0.15) is 5.82 Å². The second-order valence-corrected chi connectivity index (χ2v) is 7.53. The minimum atomic E-state index is -3.78. The fourth-order valence-corrected chi connectivity index (χ4v) is 4.52. The lowest BCUT2D eigenvalue weighted by Gasteiger charge is -2.36. The summed E-state index contributed by atoms with van der Waals surface area (Å²) < 4.78 is 46.4. The Morgan fingerprint density at radius 1 is 1.43 bits per heavy atom. The van der Waals surface area contributed by atoms with Gasteiger partial charge in [-0.2, -0.15) is 4.31 Å². The predicted molar refractivity (Wildman–Crippen MR) is 79.5 cm³/mol. The Morgan fingerprint density at radius 2 is 2.10 bits per heavy atom. The van der Waals surface area contributed by atoms with E-state index in [0.717, 1.165) is 0 Å². The van der Waals surface area contributed by atoms with Gasteiger partial charge < -0.3 is 4.74 Å². The van der Waals surface area contributed by atoms with Crippen LogP contribution in [0.25, 0.3) is 0 Å². The van der Waals surface area contributed by atoms with Gasteiger partial charge in [-0.3, -0.25) is 0 Å². The first kappa shape index (κ1) is 16.7. The number of hydrogen-bond donors (Lipinski definition) is 0. The molecule has 1 saturated heterocycles. The van der Waals surface area contributed by atoms with Gasteiger partial charge in [0.25, 0.3) is 0 Å². The Kier molecular flexibility index (Phi) is 4.92. The predicted octanol–water partition coefficient (Wildman–Crippen LogP) is 2.67. The Morgan fingerprint density at radius 3 is 2.71 bits per heavy atom. The molecule has 2 rings (SSSR count). The van der Waals surface area contributed by atoms with Crippen LogP contribution < -0.4 is 0 Å². The van der Waals surface area contributed by atoms with Crippen LogP contribution in [0.15, 0.2) is 17.0 Å². The highest BCUT2D eigenvalue weighted by molar-refractivity contribution is 7.89. The van der Waals surface area contributed by atoms with E-state index in [2.05, 4.69) is 0 Å². The van der Waals surface area contributed by atoms with Gasteiger partial charge in [-0.05, 0) is 38.5 Å². The molecule has 0 spiro atoms. The van der Waals surface area contributed by atoms with Crippen molar-refractivity contribution in [3.05, 3.63) is 29.1 Å². The van der Waals surface area contributed by atoms with Crippen molar-refractivity contribution in [1.29, 1.82) is 0 Å². The number of halogens is 2. The number of ether oxygens (including phenoxy) is 1. The maximum absolute atomic E-state index is 13.9. The molecule has 7 heteroatoms. The van der Waals surface area contributed by atoms with Crippen LogP contribution >= 0.6 is 11.6 Å². The summed E-state index contributed by atoms with van der Waals surface area (Å²) in [6.07, 6.45) is -0.183. The average Bonchev–Trinajstić information content (AvgIpc) is 2.43. The molecule has 2 atom stereocenters. The van der Waals surface area contributed by atoms with Crippen LogP contribution in [0.4, 0.5) is 4.39 Å². The molecule has 0 aromatic heterocycles. The number of nitrogens with zero attached hydrogens (tertiary/aromatic N) is 1. The normalized spacial score (nSPS) is 24.2. The number of alkyl halides is 1. The quantitative estimate of drug-likeness (QED) is 0.798. The fraction of sp³-hybridized carbons (Fsp3) is 0.571. The molecule has 1 aliphatic heterocycles. The Bertz CT molecular complexity index is 635. The Balaban J connectivity index is 2.51. The zero-order valence-corrected chi connectivity index (χ0v) is 13.8. The lowest BCUT2D eigenvalue weighted by molar-refractivity contribution is -0.0170. The third kappa shape index (κ3) is 3.23. The molecule has 1 aliphatic rings. The van der Waals surface area contributed by atoms with E-state index in [9.17, 15) is 12.8 Å². The molecule has 0 amide bonds. The molecule has 1 aromatic rings. The first-order valence-electron chi connectivity index (χ1n) is 6.75. The van der Waals surface area contributed by atoms with Gasteiger partial charge in [0.05, 0.1) is 17.6 Å². The molecular weight excluding hydrogens is 317 g/mol. The van der Waals surface area contributed by atoms with Crippen molar-refractivity contribution < 1.29 is 17.5 Å². The third-order valence-corrected chi connectivity index (χ3v) is 6.06. The summed E-state index contributed by atoms with van der Waals surface area (Å²) >= 11 is 5.72. The fourth-order valence-electron chi connectivity index (χ4n) is 2.39. The van der Waals surface area contributed by atoms with Crippen LogP contribution in [0.3, 0.4) is 0 Å². The van der Waals surface area contributed by atoms with E-state index in [1.165, 1.54) is 23.4 Å². The molecule has 0 saturated carbocycles. The molecule has 118 valence electrons. The highest BCUT2D eigenvalue weighted by Crippen LogP contribution is 2.27. The molecule has 21 heavy (non-hydrogen) atoms. The smallest absolute Gasteiger partial charge is 0.243 e. The molecule has 1 fully saturated rings. The molecule has 0 bridgehead atoms. The van der Waals surface area contributed by atoms with Crippen molar-refractivity contribution in [3.63, 3.8) is 0 Å². The van der Waals surface area contributed by atoms with Gasteiger partial charge in [0, 0.05) is 24.0 Å². The number of rotatable bonds is 3. The number of morpholine rings is 1. The zero-order chi connectivity index (χ0) is 15.8. The van der Waals surface area contributed by atoms with Crippen LogP contribution in [0.5, 0.6) is 0 Å². The molecule has 1 aromatic carbocycles. The van der Waals surface area contributed by atoms with Crippen LogP contribution in [0.2, 0.25) is 0 Å². The monoisotopic (exact) mass is 335 g/mol. The third-order valence-electron chi connectivity index (χ3n) is 3.65. The summed E-state index contributed by atoms with van der Waals surface area (Å²) in [7, 11) is -3.78. The summed E-state index contributed by atoms with van der Waals surface area (Å²) in [6.45, 7) is 5.65. The van der Waals surface area contributed by atoms with E-state index in [4.69, 9.17) is 16.3 Å². The van der Waals surface area contributed by atoms with E-state index < -0.39 is 15.8 Å². The largest absolute Gasteiger partial charge is 0.375 e. The summed E-state index contributed by atoms with van der Waals surface area (Å²) in [4.78, 5) is -0.0147. The molecule has 2 unspecified atom stereocenters. The van der Waals surface area contributed by atoms with Gasteiger partial charge in [0.15, 0.2) is 0 Å². The van der Waals surface area contributed by atoms with E-state index in [0.29, 0.717) is 12.2 Å². The van der Waals surface area contributed by atoms with E-state index >= 15 is 0 Å². The topological polar surface area (TPSA) is 46.6 Å². The van der Waals surface area contributed by atoms with Crippen LogP contribution in [0, 0.1) is 12.7 Å². The molecule has 0 radical (unpaired) electrons. The standard InChI is InChI=1S/C14H19ClFNO3S/c1-9-8-20-10(2)7-17(9)21(18,19)14-5-12(6-15)4-13(16)11(14)3/h4-5,9-10H,6-8H2,1-3H3. The first-order valence-corrected chi connectivity index (χ1v) is 8.73. The Labute approximate surface area is 129 Å². The van der Waals surface area contributed by atoms with E-state index in [1.807, 2.05) is 6.92 Å². The lowest BCUT2D eigenvalue weighted by atomic mass is 10.1. The number of benzene rings is 1. The lowest BCUT2D eigenvalue weighted by Crippen LogP contribution is -2.50. The molecule has 1 heterocycles. The SMILES string of the molecule is Cc1c(F)cc(CCl)cc1S(=O)(=O)N1CC(C)OCC1C. The van der Waals surface area contributed by atoms with Crippen molar-refractivity contribution in [3.8, 4) is 0 Å². The Hall–Kier alpha value is -0.690. The van der Waals surface area contributed by atoms with Crippen LogP contribution in [0.1, 0.15) is 25.0 Å². The van der Waals surface area contributed by atoms with Crippen LogP contribution in [-0.2, 0) is 20.6 Å². The summed E-state index contributed by atoms with van der Waals surface area (Å²) in [5, 5.41) is 0. The second-order valence-electron chi connectivity index (χ2n) is 5.40. The van der Waals surface area contributed by atoms with Crippen molar-refractivity contribution in [1.82, 2.24) is 4.31 Å². The average molecular weight is 336 g/mol. The molecular formula is C14H19ClFNO3S. The highest BCUT2D eigenvalue weighted by Gasteiger charge is 2.35. The van der Waals surface area contributed by atoms with Gasteiger partial charge >= 0.3 is 0 Å². The second kappa shape index (κ2) is 6.20. The minimum Gasteiger partial charge on any atom is -0.375 e. The first-order chi connectivity index (χ1) is 9.77. The number of hydrogen-bond acceptors (Lipinski definition) is 3. The van der Waals surface area contributed by atoms with Gasteiger partial charge in [-0.25, -0.2) is 12.8 Å². The molecule has 4 nitrogen and oxygen atoms in total.